The van der Waals surface area contributed by atoms with Crippen LogP contribution >= 0.6 is 12.2 Å². The van der Waals surface area contributed by atoms with Crippen molar-refractivity contribution in [2.24, 2.45) is 5.73 Å². The van der Waals surface area contributed by atoms with Gasteiger partial charge in [0, 0.05) is 18.3 Å². The summed E-state index contributed by atoms with van der Waals surface area (Å²) in [5.41, 5.74) is 6.06. The maximum Gasteiger partial charge on any atom is 0.187 e. The zero-order chi connectivity index (χ0) is 10.3. The van der Waals surface area contributed by atoms with Gasteiger partial charge in [-0.05, 0) is 31.7 Å². The Labute approximate surface area is 84.6 Å². The fourth-order valence-corrected chi connectivity index (χ4v) is 1.27. The predicted molar refractivity (Wildman–Crippen MR) is 58.4 cm³/mol. The average Bonchev–Trinajstić information content (AvgIpc) is 2.02. The number of allylic oxidation sites excluding steroid dienone is 1. The van der Waals surface area contributed by atoms with Gasteiger partial charge >= 0.3 is 0 Å². The van der Waals surface area contributed by atoms with Crippen molar-refractivity contribution >= 4 is 17.3 Å². The molecule has 0 aliphatic carbocycles. The minimum atomic E-state index is -0.648. The van der Waals surface area contributed by atoms with E-state index in [9.17, 15) is 4.39 Å². The van der Waals surface area contributed by atoms with Crippen LogP contribution in [0.3, 0.4) is 0 Å². The Morgan fingerprint density at radius 2 is 2.15 bits per heavy atom. The molecule has 0 saturated heterocycles. The highest BCUT2D eigenvalue weighted by molar-refractivity contribution is 7.80. The van der Waals surface area contributed by atoms with Gasteiger partial charge in [-0.2, -0.15) is 4.39 Å². The quantitative estimate of drug-likeness (QED) is 0.407. The fraction of sp³-hybridized carbons (Fsp3) is 0.667. The molecule has 0 atom stereocenters. The summed E-state index contributed by atoms with van der Waals surface area (Å²) >= 11 is 4.28. The zero-order valence-corrected chi connectivity index (χ0v) is 9.03. The number of halogens is 1. The third-order valence-corrected chi connectivity index (χ3v) is 1.81. The summed E-state index contributed by atoms with van der Waals surface area (Å²) in [7, 11) is 0. The normalized spacial score (nSPS) is 12.2. The molecule has 0 bridgehead atoms. The molecule has 0 rings (SSSR count). The summed E-state index contributed by atoms with van der Waals surface area (Å²) in [5.74, 6) is 0. The van der Waals surface area contributed by atoms with Crippen LogP contribution in [0, 0.1) is 0 Å². The molecule has 4 heteroatoms. The van der Waals surface area contributed by atoms with Gasteiger partial charge < -0.3 is 5.73 Å². The Bertz CT molecular complexity index is 192. The van der Waals surface area contributed by atoms with Gasteiger partial charge in [-0.15, -0.1) is 0 Å². The number of nitrogens with zero attached hydrogens (tertiary/aromatic N) is 1. The highest BCUT2D eigenvalue weighted by atomic mass is 32.1. The molecule has 0 aromatic rings. The van der Waals surface area contributed by atoms with Gasteiger partial charge in [0.25, 0.3) is 0 Å². The van der Waals surface area contributed by atoms with Crippen molar-refractivity contribution in [2.75, 3.05) is 19.6 Å². The molecule has 13 heavy (non-hydrogen) atoms. The van der Waals surface area contributed by atoms with Crippen LogP contribution in [-0.2, 0) is 0 Å². The van der Waals surface area contributed by atoms with Gasteiger partial charge in [0.15, 0.2) is 5.12 Å². The van der Waals surface area contributed by atoms with E-state index >= 15 is 0 Å². The molecule has 0 aromatic heterocycles. The maximum absolute atomic E-state index is 12.2. The van der Waals surface area contributed by atoms with Gasteiger partial charge in [-0.1, -0.05) is 13.8 Å². The summed E-state index contributed by atoms with van der Waals surface area (Å²) < 4.78 is 12.2. The minimum absolute atomic E-state index is 0.489. The van der Waals surface area contributed by atoms with E-state index in [-0.39, 0.29) is 0 Å². The first-order valence-electron chi connectivity index (χ1n) is 4.48. The molecule has 76 valence electrons. The number of likely N-dealkylation sites (N-methyl/N-ethyl adjacent to an activating group) is 1. The molecule has 0 aromatic carbocycles. The van der Waals surface area contributed by atoms with Gasteiger partial charge in [0.1, 0.15) is 0 Å². The average molecular weight is 204 g/mol. The minimum Gasteiger partial charge on any atom is -0.401 e. The lowest BCUT2D eigenvalue weighted by molar-refractivity contribution is 0.312. The molecule has 0 aliphatic rings. The Hall–Kier alpha value is -0.480. The fourth-order valence-electron chi connectivity index (χ4n) is 1.11. The lowest BCUT2D eigenvalue weighted by atomic mass is 10.3. The second kappa shape index (κ2) is 6.97. The molecule has 0 saturated carbocycles. The topological polar surface area (TPSA) is 29.3 Å². The lowest BCUT2D eigenvalue weighted by Crippen LogP contribution is -2.29. The number of nitrogens with two attached hydrogens (primary N) is 1. The Morgan fingerprint density at radius 1 is 1.54 bits per heavy atom. The molecule has 0 aliphatic heterocycles. The first kappa shape index (κ1) is 12.5. The number of hydrogen-bond acceptors (Lipinski definition) is 3. The number of hydrogen-bond donors (Lipinski definition) is 1. The van der Waals surface area contributed by atoms with Crippen LogP contribution < -0.4 is 5.73 Å². The third kappa shape index (κ3) is 6.66. The molecule has 0 amide bonds. The van der Waals surface area contributed by atoms with Gasteiger partial charge in [0.05, 0.1) is 0 Å². The van der Waals surface area contributed by atoms with Crippen molar-refractivity contribution in [1.29, 1.82) is 0 Å². The number of rotatable bonds is 6. The Balaban J connectivity index is 3.99. The van der Waals surface area contributed by atoms with Gasteiger partial charge in [0.2, 0.25) is 0 Å². The van der Waals surface area contributed by atoms with E-state index in [4.69, 9.17) is 5.73 Å². The van der Waals surface area contributed by atoms with E-state index in [1.54, 1.807) is 0 Å². The van der Waals surface area contributed by atoms with Crippen LogP contribution in [0.15, 0.2) is 11.8 Å². The molecule has 2 N–H and O–H groups in total. The standard InChI is InChI=1S/C9H17FN2S/c1-3-5-12(4-2)7-8(11)6-9(10)13/h6H,3-5,7,11H2,1-2H3/b8-6-. The highest BCUT2D eigenvalue weighted by Crippen LogP contribution is 1.96. The van der Waals surface area contributed by atoms with Gasteiger partial charge in [-0.3, -0.25) is 4.90 Å². The van der Waals surface area contributed by atoms with Crippen LogP contribution in [0.5, 0.6) is 0 Å². The van der Waals surface area contributed by atoms with E-state index in [1.807, 2.05) is 0 Å². The molecule has 0 heterocycles. The molecule has 0 spiro atoms. The maximum atomic E-state index is 12.2. The smallest absolute Gasteiger partial charge is 0.187 e. The van der Waals surface area contributed by atoms with Crippen LogP contribution in [0.2, 0.25) is 0 Å². The molecule has 0 unspecified atom stereocenters. The van der Waals surface area contributed by atoms with Gasteiger partial charge in [-0.25, -0.2) is 0 Å². The van der Waals surface area contributed by atoms with Crippen LogP contribution in [-0.4, -0.2) is 29.7 Å². The number of thiocarbonyl (C=S) groups is 1. The second-order valence-corrected chi connectivity index (χ2v) is 3.28. The molecule has 2 nitrogen and oxygen atoms in total. The molecule has 0 radical (unpaired) electrons. The highest BCUT2D eigenvalue weighted by Gasteiger charge is 2.02. The SMILES string of the molecule is CCCN(CC)C/C(N)=C/C(F)=S. The van der Waals surface area contributed by atoms with Crippen molar-refractivity contribution in [2.45, 2.75) is 20.3 Å². The summed E-state index contributed by atoms with van der Waals surface area (Å²) in [6.45, 7) is 6.64. The summed E-state index contributed by atoms with van der Waals surface area (Å²) in [6.07, 6.45) is 2.27. The molecule has 0 fully saturated rings. The van der Waals surface area contributed by atoms with Crippen molar-refractivity contribution in [1.82, 2.24) is 4.90 Å². The van der Waals surface area contributed by atoms with Crippen LogP contribution in [0.1, 0.15) is 20.3 Å². The first-order chi connectivity index (χ1) is 6.10. The van der Waals surface area contributed by atoms with E-state index in [0.717, 1.165) is 19.5 Å². The zero-order valence-electron chi connectivity index (χ0n) is 8.22. The van der Waals surface area contributed by atoms with E-state index in [2.05, 4.69) is 31.0 Å². The summed E-state index contributed by atoms with van der Waals surface area (Å²) in [6, 6.07) is 0. The first-order valence-corrected chi connectivity index (χ1v) is 4.88. The second-order valence-electron chi connectivity index (χ2n) is 2.89. The van der Waals surface area contributed by atoms with Crippen molar-refractivity contribution < 1.29 is 4.39 Å². The van der Waals surface area contributed by atoms with Crippen molar-refractivity contribution in [3.05, 3.63) is 11.8 Å². The van der Waals surface area contributed by atoms with Crippen LogP contribution in [0.4, 0.5) is 4.39 Å². The Kier molecular flexibility index (Phi) is 6.72. The van der Waals surface area contributed by atoms with E-state index in [1.165, 1.54) is 6.08 Å². The van der Waals surface area contributed by atoms with Crippen molar-refractivity contribution in [3.8, 4) is 0 Å². The predicted octanol–water partition coefficient (Wildman–Crippen LogP) is 1.86. The largest absolute Gasteiger partial charge is 0.401 e. The lowest BCUT2D eigenvalue weighted by Gasteiger charge is -2.19. The molecular formula is C9H17FN2S. The summed E-state index contributed by atoms with van der Waals surface area (Å²) in [5, 5.41) is -0.648. The van der Waals surface area contributed by atoms with Crippen molar-refractivity contribution in [3.63, 3.8) is 0 Å². The molecular weight excluding hydrogens is 187 g/mol. The van der Waals surface area contributed by atoms with E-state index in [0.29, 0.717) is 12.2 Å². The Morgan fingerprint density at radius 3 is 2.54 bits per heavy atom. The van der Waals surface area contributed by atoms with E-state index < -0.39 is 5.12 Å². The monoisotopic (exact) mass is 204 g/mol. The third-order valence-electron chi connectivity index (χ3n) is 1.69. The van der Waals surface area contributed by atoms with Crippen LogP contribution in [0.25, 0.3) is 0 Å². The summed E-state index contributed by atoms with van der Waals surface area (Å²) in [4.78, 5) is 2.14.